The molecule has 0 atom stereocenters. The van der Waals surface area contributed by atoms with Crippen LogP contribution in [0.5, 0.6) is 5.75 Å². The molecule has 36 heavy (non-hydrogen) atoms. The highest BCUT2D eigenvalue weighted by Crippen LogP contribution is 2.43. The normalized spacial score (nSPS) is 12.5. The number of anilines is 3. The predicted octanol–water partition coefficient (Wildman–Crippen LogP) is 5.91. The first-order valence-corrected chi connectivity index (χ1v) is 10.1. The van der Waals surface area contributed by atoms with Crippen molar-refractivity contribution < 1.29 is 44.2 Å². The van der Waals surface area contributed by atoms with Gasteiger partial charge in [0.15, 0.2) is 46.5 Å². The van der Waals surface area contributed by atoms with Crippen LogP contribution in [-0.2, 0) is 0 Å². The molecule has 0 bridgehead atoms. The van der Waals surface area contributed by atoms with Gasteiger partial charge in [-0.25, -0.2) is 39.5 Å². The Labute approximate surface area is 197 Å². The minimum absolute atomic E-state index is 0.0671. The van der Waals surface area contributed by atoms with Crippen LogP contribution in [0.25, 0.3) is 0 Å². The molecular formula is C24H9BF9NO. The SMILES string of the molecule is Fc1c(F)c(F)c(N2c3ccccc3B(Oc3ccccc3)c3c(F)c(F)c(F)c(F)c32)c(F)c1F. The second kappa shape index (κ2) is 8.54. The van der Waals surface area contributed by atoms with E-state index in [1.807, 2.05) is 0 Å². The molecule has 0 saturated carbocycles. The molecule has 0 spiro atoms. The molecule has 0 saturated heterocycles. The summed E-state index contributed by atoms with van der Waals surface area (Å²) in [7, 11) is 0. The molecule has 0 N–H and O–H groups in total. The summed E-state index contributed by atoms with van der Waals surface area (Å²) in [5, 5.41) is 0. The molecule has 5 rings (SSSR count). The highest BCUT2D eigenvalue weighted by atomic mass is 19.2. The average molecular weight is 509 g/mol. The van der Waals surface area contributed by atoms with E-state index < -0.39 is 81.8 Å². The zero-order chi connectivity index (χ0) is 25.9. The van der Waals surface area contributed by atoms with E-state index in [1.165, 1.54) is 42.5 Å². The van der Waals surface area contributed by atoms with Gasteiger partial charge in [0.2, 0.25) is 5.82 Å². The Balaban J connectivity index is 1.90. The highest BCUT2D eigenvalue weighted by Gasteiger charge is 2.46. The molecular weight excluding hydrogens is 500 g/mol. The van der Waals surface area contributed by atoms with Crippen LogP contribution in [0, 0.1) is 52.4 Å². The zero-order valence-electron chi connectivity index (χ0n) is 17.5. The summed E-state index contributed by atoms with van der Waals surface area (Å²) in [6.45, 7) is -1.71. The van der Waals surface area contributed by atoms with Gasteiger partial charge in [0.1, 0.15) is 5.69 Å². The maximum absolute atomic E-state index is 15.2. The van der Waals surface area contributed by atoms with Crippen molar-refractivity contribution in [1.82, 2.24) is 0 Å². The lowest BCUT2D eigenvalue weighted by molar-refractivity contribution is 0.380. The Kier molecular flexibility index (Phi) is 5.61. The maximum Gasteiger partial charge on any atom is 0.433 e. The van der Waals surface area contributed by atoms with E-state index in [9.17, 15) is 30.7 Å². The Morgan fingerprint density at radius 2 is 0.972 bits per heavy atom. The summed E-state index contributed by atoms with van der Waals surface area (Å²) in [6.07, 6.45) is 0. The van der Waals surface area contributed by atoms with E-state index in [-0.39, 0.29) is 16.1 Å². The third kappa shape index (κ3) is 3.31. The molecule has 1 aliphatic rings. The zero-order valence-corrected chi connectivity index (χ0v) is 17.5. The van der Waals surface area contributed by atoms with Crippen LogP contribution in [-0.4, -0.2) is 6.92 Å². The van der Waals surface area contributed by atoms with Crippen LogP contribution < -0.4 is 20.5 Å². The second-order valence-corrected chi connectivity index (χ2v) is 7.64. The Morgan fingerprint density at radius 3 is 1.58 bits per heavy atom. The first-order valence-electron chi connectivity index (χ1n) is 10.1. The van der Waals surface area contributed by atoms with E-state index >= 15 is 8.78 Å². The molecule has 1 heterocycles. The number of hydrogen-bond acceptors (Lipinski definition) is 2. The maximum atomic E-state index is 15.2. The van der Waals surface area contributed by atoms with Crippen molar-refractivity contribution in [3.05, 3.63) is 107 Å². The first kappa shape index (κ1) is 23.6. The fourth-order valence-electron chi connectivity index (χ4n) is 4.06. The summed E-state index contributed by atoms with van der Waals surface area (Å²) in [5.41, 5.74) is -4.70. The largest absolute Gasteiger partial charge is 0.551 e. The third-order valence-corrected chi connectivity index (χ3v) is 5.63. The third-order valence-electron chi connectivity index (χ3n) is 5.63. The van der Waals surface area contributed by atoms with Crippen LogP contribution in [0.4, 0.5) is 56.6 Å². The number of para-hydroxylation sites is 2. The summed E-state index contributed by atoms with van der Waals surface area (Å²) in [5.74, 6) is -20.7. The van der Waals surface area contributed by atoms with E-state index in [0.717, 1.165) is 6.07 Å². The highest BCUT2D eigenvalue weighted by molar-refractivity contribution is 6.84. The van der Waals surface area contributed by atoms with Crippen LogP contribution in [0.15, 0.2) is 54.6 Å². The topological polar surface area (TPSA) is 12.5 Å². The van der Waals surface area contributed by atoms with Crippen molar-refractivity contribution >= 4 is 34.9 Å². The number of nitrogens with zero attached hydrogens (tertiary/aromatic N) is 1. The van der Waals surface area contributed by atoms with E-state index in [2.05, 4.69) is 0 Å². The van der Waals surface area contributed by atoms with Gasteiger partial charge in [0.25, 0.3) is 0 Å². The molecule has 12 heteroatoms. The van der Waals surface area contributed by atoms with E-state index in [1.54, 1.807) is 6.07 Å². The van der Waals surface area contributed by atoms with Gasteiger partial charge in [-0.05, 0) is 23.7 Å². The van der Waals surface area contributed by atoms with Crippen molar-refractivity contribution in [2.75, 3.05) is 4.90 Å². The lowest BCUT2D eigenvalue weighted by atomic mass is 9.52. The minimum atomic E-state index is -2.50. The quantitative estimate of drug-likeness (QED) is 0.148. The molecule has 0 fully saturated rings. The standard InChI is InChI=1S/C24H9BF9NO/c26-14-13-23(20(32)17(29)15(14)27)35(24-21(33)18(30)16(28)19(31)22(24)34)12-9-5-4-8-11(12)25(13)36-10-6-2-1-3-7-10/h1-9H. The second-order valence-electron chi connectivity index (χ2n) is 7.64. The monoisotopic (exact) mass is 509 g/mol. The van der Waals surface area contributed by atoms with Crippen LogP contribution in [0.1, 0.15) is 0 Å². The minimum Gasteiger partial charge on any atom is -0.551 e. The van der Waals surface area contributed by atoms with Gasteiger partial charge in [-0.2, -0.15) is 0 Å². The summed E-state index contributed by atoms with van der Waals surface area (Å²) >= 11 is 0. The molecule has 0 unspecified atom stereocenters. The average Bonchev–Trinajstić information content (AvgIpc) is 2.89. The van der Waals surface area contributed by atoms with Gasteiger partial charge in [-0.15, -0.1) is 0 Å². The molecule has 0 aliphatic carbocycles. The van der Waals surface area contributed by atoms with Gasteiger partial charge in [-0.3, -0.25) is 0 Å². The summed E-state index contributed by atoms with van der Waals surface area (Å²) in [6, 6.07) is 12.4. The Bertz CT molecular complexity index is 1500. The van der Waals surface area contributed by atoms with Gasteiger partial charge in [-0.1, -0.05) is 36.4 Å². The predicted molar refractivity (Wildman–Crippen MR) is 113 cm³/mol. The molecule has 1 aliphatic heterocycles. The molecule has 0 aromatic heterocycles. The summed E-state index contributed by atoms with van der Waals surface area (Å²) < 4.78 is 136. The fraction of sp³-hybridized carbons (Fsp3) is 0. The fourth-order valence-corrected chi connectivity index (χ4v) is 4.06. The Hall–Kier alpha value is -4.09. The number of halogens is 9. The number of fused-ring (bicyclic) bond motifs is 2. The Morgan fingerprint density at radius 1 is 0.500 bits per heavy atom. The van der Waals surface area contributed by atoms with E-state index in [4.69, 9.17) is 4.65 Å². The smallest absolute Gasteiger partial charge is 0.433 e. The van der Waals surface area contributed by atoms with Gasteiger partial charge in [0.05, 0.1) is 11.4 Å². The number of benzene rings is 4. The van der Waals surface area contributed by atoms with Crippen LogP contribution in [0.2, 0.25) is 0 Å². The molecule has 182 valence electrons. The lowest BCUT2D eigenvalue weighted by Gasteiger charge is -2.36. The van der Waals surface area contributed by atoms with Gasteiger partial charge >= 0.3 is 6.92 Å². The molecule has 2 nitrogen and oxygen atoms in total. The van der Waals surface area contributed by atoms with Gasteiger partial charge in [0, 0.05) is 11.2 Å². The van der Waals surface area contributed by atoms with Crippen LogP contribution >= 0.6 is 0 Å². The van der Waals surface area contributed by atoms with Crippen molar-refractivity contribution in [1.29, 1.82) is 0 Å². The van der Waals surface area contributed by atoms with Crippen LogP contribution in [0.3, 0.4) is 0 Å². The molecule has 0 radical (unpaired) electrons. The van der Waals surface area contributed by atoms with E-state index in [0.29, 0.717) is 0 Å². The summed E-state index contributed by atoms with van der Waals surface area (Å²) in [4.78, 5) is 0.118. The van der Waals surface area contributed by atoms with Gasteiger partial charge < -0.3 is 9.55 Å². The van der Waals surface area contributed by atoms with Crippen molar-refractivity contribution in [3.8, 4) is 5.75 Å². The lowest BCUT2D eigenvalue weighted by Crippen LogP contribution is -2.56. The number of rotatable bonds is 3. The molecule has 4 aromatic rings. The number of hydrogen-bond donors (Lipinski definition) is 0. The molecule has 0 amide bonds. The van der Waals surface area contributed by atoms with Crippen molar-refractivity contribution in [2.24, 2.45) is 0 Å². The van der Waals surface area contributed by atoms with Crippen molar-refractivity contribution in [3.63, 3.8) is 0 Å². The molecule has 4 aromatic carbocycles. The first-order chi connectivity index (χ1) is 17.1. The van der Waals surface area contributed by atoms with Crippen molar-refractivity contribution in [2.45, 2.75) is 0 Å².